The SMILES string of the molecule is C=C1C=CC(=O)N1CCCCCC(=O)NCCC[Si](C)(C)O[SiH3]. The fourth-order valence-corrected chi connectivity index (χ4v) is 4.25. The monoisotopic (exact) mass is 354 g/mol. The number of nitrogens with one attached hydrogen (secondary N) is 1. The number of amides is 2. The molecule has 1 aliphatic heterocycles. The predicted octanol–water partition coefficient (Wildman–Crippen LogP) is 1.47. The molecule has 0 spiro atoms. The molecule has 1 heterocycles. The van der Waals surface area contributed by atoms with Crippen LogP contribution in [0.4, 0.5) is 0 Å². The molecule has 0 aromatic rings. The first-order chi connectivity index (χ1) is 10.9. The van der Waals surface area contributed by atoms with Crippen molar-refractivity contribution in [3.8, 4) is 0 Å². The molecule has 0 saturated carbocycles. The molecule has 0 unspecified atom stereocenters. The van der Waals surface area contributed by atoms with E-state index < -0.39 is 8.32 Å². The summed E-state index contributed by atoms with van der Waals surface area (Å²) in [6, 6.07) is 1.10. The first kappa shape index (κ1) is 19.9. The van der Waals surface area contributed by atoms with Crippen molar-refractivity contribution in [1.82, 2.24) is 10.2 Å². The molecule has 1 aliphatic rings. The van der Waals surface area contributed by atoms with Gasteiger partial charge in [-0.2, -0.15) is 0 Å². The van der Waals surface area contributed by atoms with Crippen LogP contribution in [0.15, 0.2) is 24.4 Å². The van der Waals surface area contributed by atoms with Crippen LogP contribution in [0.2, 0.25) is 19.1 Å². The molecule has 0 aromatic heterocycles. The van der Waals surface area contributed by atoms with E-state index in [-0.39, 0.29) is 11.8 Å². The maximum Gasteiger partial charge on any atom is 0.251 e. The minimum atomic E-state index is -1.44. The van der Waals surface area contributed by atoms with Crippen LogP contribution in [0.25, 0.3) is 0 Å². The first-order valence-electron chi connectivity index (χ1n) is 8.36. The van der Waals surface area contributed by atoms with Crippen LogP contribution >= 0.6 is 0 Å². The zero-order valence-electron chi connectivity index (χ0n) is 14.7. The zero-order valence-corrected chi connectivity index (χ0v) is 17.7. The molecular weight excluding hydrogens is 324 g/mol. The second-order valence-corrected chi connectivity index (χ2v) is 12.2. The molecule has 2 amide bonds. The molecule has 1 N–H and O–H groups in total. The molecule has 0 fully saturated rings. The van der Waals surface area contributed by atoms with Crippen molar-refractivity contribution in [2.75, 3.05) is 13.1 Å². The lowest BCUT2D eigenvalue weighted by Crippen LogP contribution is -2.31. The van der Waals surface area contributed by atoms with Crippen molar-refractivity contribution >= 4 is 30.6 Å². The quantitative estimate of drug-likeness (QED) is 0.451. The van der Waals surface area contributed by atoms with Gasteiger partial charge in [0.15, 0.2) is 8.32 Å². The maximum absolute atomic E-state index is 11.7. The van der Waals surface area contributed by atoms with Gasteiger partial charge in [-0.25, -0.2) is 0 Å². The van der Waals surface area contributed by atoms with Crippen molar-refractivity contribution < 1.29 is 13.7 Å². The van der Waals surface area contributed by atoms with Crippen LogP contribution in [0.3, 0.4) is 0 Å². The van der Waals surface area contributed by atoms with Gasteiger partial charge in [-0.15, -0.1) is 0 Å². The Labute approximate surface area is 143 Å². The van der Waals surface area contributed by atoms with Crippen LogP contribution in [-0.4, -0.2) is 48.6 Å². The van der Waals surface area contributed by atoms with E-state index in [0.717, 1.165) is 54.5 Å². The number of carbonyl (C=O) groups is 2. The summed E-state index contributed by atoms with van der Waals surface area (Å²) in [5.41, 5.74) is 0.762. The van der Waals surface area contributed by atoms with Crippen LogP contribution in [0.1, 0.15) is 32.1 Å². The van der Waals surface area contributed by atoms with Crippen molar-refractivity contribution in [3.63, 3.8) is 0 Å². The normalized spacial score (nSPS) is 14.8. The number of rotatable bonds is 11. The lowest BCUT2D eigenvalue weighted by Gasteiger charge is -2.20. The Morgan fingerprint density at radius 3 is 2.65 bits per heavy atom. The Hall–Kier alpha value is -1.19. The highest BCUT2D eigenvalue weighted by Gasteiger charge is 2.19. The number of nitrogens with zero attached hydrogens (tertiary/aromatic N) is 1. The molecule has 0 saturated heterocycles. The molecule has 0 aliphatic carbocycles. The highest BCUT2D eigenvalue weighted by atomic mass is 28.4. The van der Waals surface area contributed by atoms with E-state index in [0.29, 0.717) is 13.0 Å². The van der Waals surface area contributed by atoms with Crippen molar-refractivity contribution in [3.05, 3.63) is 24.4 Å². The first-order valence-corrected chi connectivity index (χ1v) is 12.3. The van der Waals surface area contributed by atoms with Crippen LogP contribution in [0, 0.1) is 0 Å². The van der Waals surface area contributed by atoms with E-state index in [4.69, 9.17) is 4.12 Å². The molecule has 0 radical (unpaired) electrons. The highest BCUT2D eigenvalue weighted by molar-refractivity contribution is 6.73. The van der Waals surface area contributed by atoms with Gasteiger partial charge in [0, 0.05) is 31.3 Å². The summed E-state index contributed by atoms with van der Waals surface area (Å²) in [6.07, 6.45) is 7.55. The fraction of sp³-hybridized carbons (Fsp3) is 0.625. The third-order valence-electron chi connectivity index (χ3n) is 4.15. The predicted molar refractivity (Wildman–Crippen MR) is 99.4 cm³/mol. The van der Waals surface area contributed by atoms with Gasteiger partial charge in [0.2, 0.25) is 5.91 Å². The van der Waals surface area contributed by atoms with Gasteiger partial charge in [0.05, 0.1) is 0 Å². The second-order valence-electron chi connectivity index (χ2n) is 6.54. The summed E-state index contributed by atoms with van der Waals surface area (Å²) in [5, 5.41) is 2.98. The van der Waals surface area contributed by atoms with Gasteiger partial charge in [0.25, 0.3) is 5.91 Å². The zero-order chi connectivity index (χ0) is 17.3. The topological polar surface area (TPSA) is 58.6 Å². The van der Waals surface area contributed by atoms with Crippen molar-refractivity contribution in [2.24, 2.45) is 0 Å². The number of hydrogen-bond donors (Lipinski definition) is 1. The molecule has 130 valence electrons. The van der Waals surface area contributed by atoms with E-state index in [1.807, 2.05) is 0 Å². The van der Waals surface area contributed by atoms with Gasteiger partial charge in [-0.3, -0.25) is 9.59 Å². The van der Waals surface area contributed by atoms with Gasteiger partial charge in [-0.05, 0) is 44.5 Å². The Morgan fingerprint density at radius 2 is 2.04 bits per heavy atom. The molecule has 7 heteroatoms. The van der Waals surface area contributed by atoms with E-state index in [1.165, 1.54) is 0 Å². The lowest BCUT2D eigenvalue weighted by molar-refractivity contribution is -0.123. The number of carbonyl (C=O) groups excluding carboxylic acids is 2. The summed E-state index contributed by atoms with van der Waals surface area (Å²) in [6.45, 7) is 9.70. The third kappa shape index (κ3) is 7.76. The van der Waals surface area contributed by atoms with E-state index in [1.54, 1.807) is 17.1 Å². The van der Waals surface area contributed by atoms with Gasteiger partial charge < -0.3 is 14.3 Å². The van der Waals surface area contributed by atoms with Crippen LogP contribution in [-0.2, 0) is 13.7 Å². The minimum absolute atomic E-state index is 0.0120. The van der Waals surface area contributed by atoms with Gasteiger partial charge in [-0.1, -0.05) is 13.0 Å². The standard InChI is InChI=1S/C16H30N2O3Si2/c1-14-9-10-16(20)18(14)12-6-4-5-8-15(19)17-11-7-13-23(2,3)21-22/h9-10H,1,4-8,11-13H2,2-3,22H3,(H,17,19). The smallest absolute Gasteiger partial charge is 0.251 e. The summed E-state index contributed by atoms with van der Waals surface area (Å²) in [4.78, 5) is 24.9. The molecule has 0 aromatic carbocycles. The average molecular weight is 355 g/mol. The second kappa shape index (κ2) is 9.84. The molecular formula is C16H30N2O3Si2. The molecule has 23 heavy (non-hydrogen) atoms. The fourth-order valence-electron chi connectivity index (χ4n) is 2.41. The Kier molecular flexibility index (Phi) is 8.50. The van der Waals surface area contributed by atoms with E-state index in [9.17, 15) is 9.59 Å². The summed E-state index contributed by atoms with van der Waals surface area (Å²) >= 11 is 0. The number of hydrogen-bond acceptors (Lipinski definition) is 3. The van der Waals surface area contributed by atoms with E-state index in [2.05, 4.69) is 25.0 Å². The van der Waals surface area contributed by atoms with Crippen molar-refractivity contribution in [2.45, 2.75) is 51.2 Å². The highest BCUT2D eigenvalue weighted by Crippen LogP contribution is 2.14. The summed E-state index contributed by atoms with van der Waals surface area (Å²) in [7, 11) is -0.639. The maximum atomic E-state index is 11.7. The molecule has 1 rings (SSSR count). The van der Waals surface area contributed by atoms with Gasteiger partial charge >= 0.3 is 0 Å². The minimum Gasteiger partial charge on any atom is -0.463 e. The average Bonchev–Trinajstić information content (AvgIpc) is 2.83. The third-order valence-corrected chi connectivity index (χ3v) is 10.1. The van der Waals surface area contributed by atoms with Crippen LogP contribution in [0.5, 0.6) is 0 Å². The summed E-state index contributed by atoms with van der Waals surface area (Å²) in [5.74, 6) is 0.137. The molecule has 5 nitrogen and oxygen atoms in total. The summed E-state index contributed by atoms with van der Waals surface area (Å²) < 4.78 is 5.62. The van der Waals surface area contributed by atoms with E-state index >= 15 is 0 Å². The van der Waals surface area contributed by atoms with Gasteiger partial charge in [0.1, 0.15) is 10.5 Å². The Bertz CT molecular complexity index is 446. The Morgan fingerprint density at radius 1 is 1.30 bits per heavy atom. The number of unbranched alkanes of at least 4 members (excludes halogenated alkanes) is 2. The lowest BCUT2D eigenvalue weighted by atomic mass is 10.2. The van der Waals surface area contributed by atoms with Crippen LogP contribution < -0.4 is 5.32 Å². The molecule has 0 atom stereocenters. The molecule has 0 bridgehead atoms. The number of allylic oxidation sites excluding steroid dienone is 1. The largest absolute Gasteiger partial charge is 0.463 e. The Balaban J connectivity index is 2.00. The van der Waals surface area contributed by atoms with Crippen molar-refractivity contribution in [1.29, 1.82) is 0 Å².